The minimum atomic E-state index is -0.365. The van der Waals surface area contributed by atoms with Gasteiger partial charge in [0.15, 0.2) is 5.16 Å². The molecule has 116 valence electrons. The molecule has 0 bridgehead atoms. The Morgan fingerprint density at radius 1 is 1.36 bits per heavy atom. The van der Waals surface area contributed by atoms with Crippen molar-refractivity contribution in [3.63, 3.8) is 0 Å². The van der Waals surface area contributed by atoms with E-state index in [1.807, 2.05) is 24.3 Å². The summed E-state index contributed by atoms with van der Waals surface area (Å²) in [4.78, 5) is 30.4. The second-order valence-electron chi connectivity index (χ2n) is 4.99. The summed E-state index contributed by atoms with van der Waals surface area (Å²) in [7, 11) is 0. The zero-order chi connectivity index (χ0) is 16.1. The van der Waals surface area contributed by atoms with Crippen LogP contribution in [0.4, 0.5) is 5.69 Å². The van der Waals surface area contributed by atoms with Crippen LogP contribution in [0.1, 0.15) is 25.1 Å². The fraction of sp³-hybridized carbons (Fsp3) is 0.312. The molecule has 2 rings (SSSR count). The second-order valence-corrected chi connectivity index (χ2v) is 6.32. The molecule has 0 aliphatic heterocycles. The fourth-order valence-corrected chi connectivity index (χ4v) is 2.75. The predicted molar refractivity (Wildman–Crippen MR) is 89.4 cm³/mol. The van der Waals surface area contributed by atoms with E-state index in [1.54, 1.807) is 13.8 Å². The third kappa shape index (κ3) is 4.46. The molecule has 1 atom stereocenters. The van der Waals surface area contributed by atoms with E-state index in [4.69, 9.17) is 0 Å². The first-order valence-corrected chi connectivity index (χ1v) is 8.00. The molecule has 0 aliphatic rings. The van der Waals surface area contributed by atoms with Gasteiger partial charge in [-0.15, -0.1) is 0 Å². The average molecular weight is 317 g/mol. The van der Waals surface area contributed by atoms with Crippen LogP contribution in [0.25, 0.3) is 0 Å². The molecule has 5 nitrogen and oxygen atoms in total. The van der Waals surface area contributed by atoms with Gasteiger partial charge in [0, 0.05) is 17.4 Å². The maximum Gasteiger partial charge on any atom is 0.251 e. The smallest absolute Gasteiger partial charge is 0.251 e. The lowest BCUT2D eigenvalue weighted by Gasteiger charge is -2.11. The number of carbonyl (C=O) groups excluding carboxylic acids is 1. The van der Waals surface area contributed by atoms with Crippen LogP contribution in [0.15, 0.2) is 40.3 Å². The molecule has 1 heterocycles. The molecule has 0 spiro atoms. The lowest BCUT2D eigenvalue weighted by molar-refractivity contribution is -0.115. The Balaban J connectivity index is 2.00. The van der Waals surface area contributed by atoms with Gasteiger partial charge in [-0.3, -0.25) is 9.59 Å². The highest BCUT2D eigenvalue weighted by Crippen LogP contribution is 2.20. The Bertz CT molecular complexity index is 710. The number of aromatic nitrogens is 2. The number of aryl methyl sites for hydroxylation is 2. The molecule has 0 aliphatic carbocycles. The van der Waals surface area contributed by atoms with Gasteiger partial charge in [0.2, 0.25) is 5.91 Å². The van der Waals surface area contributed by atoms with Gasteiger partial charge in [-0.1, -0.05) is 30.8 Å². The third-order valence-electron chi connectivity index (χ3n) is 3.14. The molecule has 0 saturated heterocycles. The molecule has 0 fully saturated rings. The first-order valence-electron chi connectivity index (χ1n) is 7.12. The maximum absolute atomic E-state index is 12.2. The summed E-state index contributed by atoms with van der Waals surface area (Å²) in [5.74, 6) is -0.126. The van der Waals surface area contributed by atoms with E-state index in [0.717, 1.165) is 12.1 Å². The van der Waals surface area contributed by atoms with Crippen LogP contribution in [0.2, 0.25) is 0 Å². The van der Waals surface area contributed by atoms with E-state index >= 15 is 0 Å². The molecule has 1 aromatic heterocycles. The van der Waals surface area contributed by atoms with Gasteiger partial charge in [0.05, 0.1) is 5.25 Å². The Morgan fingerprint density at radius 2 is 2.05 bits per heavy atom. The quantitative estimate of drug-likeness (QED) is 0.657. The van der Waals surface area contributed by atoms with E-state index in [-0.39, 0.29) is 16.7 Å². The van der Waals surface area contributed by atoms with Crippen molar-refractivity contribution in [2.45, 2.75) is 37.6 Å². The first-order chi connectivity index (χ1) is 10.5. The molecular weight excluding hydrogens is 298 g/mol. The highest BCUT2D eigenvalue weighted by Gasteiger charge is 2.16. The van der Waals surface area contributed by atoms with Crippen molar-refractivity contribution < 1.29 is 4.79 Å². The zero-order valence-electron chi connectivity index (χ0n) is 12.8. The van der Waals surface area contributed by atoms with Crippen molar-refractivity contribution in [2.24, 2.45) is 0 Å². The molecule has 2 aromatic rings. The standard InChI is InChI=1S/C16H19N3O2S/c1-4-12-5-7-13(8-6-12)18-15(21)11(3)22-16-17-10(2)9-14(20)19-16/h5-9,11H,4H2,1-3H3,(H,18,21)(H,17,19,20). The summed E-state index contributed by atoms with van der Waals surface area (Å²) >= 11 is 1.23. The number of nitrogens with zero attached hydrogens (tertiary/aromatic N) is 1. The monoisotopic (exact) mass is 317 g/mol. The number of carbonyl (C=O) groups is 1. The highest BCUT2D eigenvalue weighted by atomic mass is 32.2. The molecule has 1 amide bonds. The summed E-state index contributed by atoms with van der Waals surface area (Å²) in [6, 6.07) is 9.19. The summed E-state index contributed by atoms with van der Waals surface area (Å²) < 4.78 is 0. The Labute approximate surface area is 133 Å². The molecular formula is C16H19N3O2S. The Morgan fingerprint density at radius 3 is 2.64 bits per heavy atom. The normalized spacial score (nSPS) is 12.0. The van der Waals surface area contributed by atoms with Crippen LogP contribution in [0, 0.1) is 6.92 Å². The number of H-pyrrole nitrogens is 1. The SMILES string of the molecule is CCc1ccc(NC(=O)C(C)Sc2nc(C)cc(=O)[nH]2)cc1. The van der Waals surface area contributed by atoms with Crippen molar-refractivity contribution in [2.75, 3.05) is 5.32 Å². The van der Waals surface area contributed by atoms with Crippen molar-refractivity contribution >= 4 is 23.4 Å². The molecule has 0 radical (unpaired) electrons. The number of amides is 1. The van der Waals surface area contributed by atoms with Crippen LogP contribution < -0.4 is 10.9 Å². The molecule has 22 heavy (non-hydrogen) atoms. The Kier molecular flexibility index (Phi) is 5.38. The number of rotatable bonds is 5. The lowest BCUT2D eigenvalue weighted by Crippen LogP contribution is -2.23. The number of thioether (sulfide) groups is 1. The van der Waals surface area contributed by atoms with Gasteiger partial charge in [-0.25, -0.2) is 4.98 Å². The Hall–Kier alpha value is -2.08. The third-order valence-corrected chi connectivity index (χ3v) is 4.12. The molecule has 1 unspecified atom stereocenters. The number of hydrogen-bond acceptors (Lipinski definition) is 4. The molecule has 0 saturated carbocycles. The average Bonchev–Trinajstić information content (AvgIpc) is 2.46. The van der Waals surface area contributed by atoms with Crippen molar-refractivity contribution in [1.29, 1.82) is 0 Å². The van der Waals surface area contributed by atoms with E-state index in [1.165, 1.54) is 23.4 Å². The minimum absolute atomic E-state index is 0.126. The van der Waals surface area contributed by atoms with Gasteiger partial charge in [-0.05, 0) is 38.0 Å². The fourth-order valence-electron chi connectivity index (χ4n) is 1.90. The van der Waals surface area contributed by atoms with Crippen LogP contribution in [0.3, 0.4) is 0 Å². The van der Waals surface area contributed by atoms with Crippen molar-refractivity contribution in [3.05, 3.63) is 51.9 Å². The largest absolute Gasteiger partial charge is 0.325 e. The minimum Gasteiger partial charge on any atom is -0.325 e. The summed E-state index contributed by atoms with van der Waals surface area (Å²) in [5, 5.41) is 2.95. The zero-order valence-corrected chi connectivity index (χ0v) is 13.7. The predicted octanol–water partition coefficient (Wildman–Crippen LogP) is 2.76. The molecule has 2 N–H and O–H groups in total. The number of aromatic amines is 1. The number of nitrogens with one attached hydrogen (secondary N) is 2. The van der Waals surface area contributed by atoms with Gasteiger partial charge < -0.3 is 10.3 Å². The van der Waals surface area contributed by atoms with Crippen molar-refractivity contribution in [1.82, 2.24) is 9.97 Å². The van der Waals surface area contributed by atoms with Crippen LogP contribution in [0.5, 0.6) is 0 Å². The molecule has 6 heteroatoms. The van der Waals surface area contributed by atoms with Crippen LogP contribution in [-0.4, -0.2) is 21.1 Å². The van der Waals surface area contributed by atoms with Crippen LogP contribution >= 0.6 is 11.8 Å². The van der Waals surface area contributed by atoms with E-state index in [0.29, 0.717) is 10.9 Å². The van der Waals surface area contributed by atoms with E-state index in [2.05, 4.69) is 22.2 Å². The maximum atomic E-state index is 12.2. The number of benzene rings is 1. The number of anilines is 1. The topological polar surface area (TPSA) is 74.8 Å². The number of hydrogen-bond donors (Lipinski definition) is 2. The van der Waals surface area contributed by atoms with E-state index in [9.17, 15) is 9.59 Å². The van der Waals surface area contributed by atoms with Crippen molar-refractivity contribution in [3.8, 4) is 0 Å². The first kappa shape index (κ1) is 16.3. The summed E-state index contributed by atoms with van der Waals surface area (Å²) in [5.41, 5.74) is 2.41. The van der Waals surface area contributed by atoms with Crippen LogP contribution in [-0.2, 0) is 11.2 Å². The summed E-state index contributed by atoms with van der Waals surface area (Å²) in [6.45, 7) is 5.62. The highest BCUT2D eigenvalue weighted by molar-refractivity contribution is 8.00. The lowest BCUT2D eigenvalue weighted by atomic mass is 10.1. The van der Waals surface area contributed by atoms with Gasteiger partial charge in [0.25, 0.3) is 5.56 Å². The van der Waals surface area contributed by atoms with Gasteiger partial charge >= 0.3 is 0 Å². The van der Waals surface area contributed by atoms with E-state index < -0.39 is 0 Å². The van der Waals surface area contributed by atoms with Gasteiger partial charge in [-0.2, -0.15) is 0 Å². The summed E-state index contributed by atoms with van der Waals surface area (Å²) in [6.07, 6.45) is 0.965. The van der Waals surface area contributed by atoms with Gasteiger partial charge in [0.1, 0.15) is 0 Å². The second kappa shape index (κ2) is 7.26. The molecule has 1 aromatic carbocycles.